The smallest absolute Gasteiger partial charge is 0.248 e. The molecule has 2 aromatic heterocycles. The fourth-order valence-corrected chi connectivity index (χ4v) is 2.59. The summed E-state index contributed by atoms with van der Waals surface area (Å²) < 4.78 is 19.3. The van der Waals surface area contributed by atoms with Gasteiger partial charge in [-0.15, -0.1) is 0 Å². The Labute approximate surface area is 192 Å². The van der Waals surface area contributed by atoms with Crippen LogP contribution in [0.1, 0.15) is 7.43 Å². The van der Waals surface area contributed by atoms with E-state index in [1.165, 1.54) is 13.2 Å². The number of rotatable bonds is 9. The second-order valence-electron chi connectivity index (χ2n) is 6.96. The van der Waals surface area contributed by atoms with Gasteiger partial charge in [0.2, 0.25) is 17.7 Å². The van der Waals surface area contributed by atoms with Crippen molar-refractivity contribution in [3.8, 4) is 5.88 Å². The van der Waals surface area contributed by atoms with E-state index in [2.05, 4.69) is 30.9 Å². The van der Waals surface area contributed by atoms with Crippen molar-refractivity contribution in [2.24, 2.45) is 0 Å². The zero-order valence-electron chi connectivity index (χ0n) is 18.0. The molecule has 0 spiro atoms. The second-order valence-corrected chi connectivity index (χ2v) is 6.96. The molecule has 0 aliphatic rings. The largest absolute Gasteiger partial charge is 0.481 e. The van der Waals surface area contributed by atoms with Gasteiger partial charge in [-0.2, -0.15) is 4.98 Å². The van der Waals surface area contributed by atoms with E-state index >= 15 is 0 Å². The van der Waals surface area contributed by atoms with Crippen LogP contribution in [0.25, 0.3) is 0 Å². The molecular formula is C23H28FN7O2. The molecule has 1 amide bonds. The van der Waals surface area contributed by atoms with Crippen molar-refractivity contribution in [1.82, 2.24) is 19.9 Å². The molecule has 2 heterocycles. The third-order valence-corrected chi connectivity index (χ3v) is 4.08. The zero-order chi connectivity index (χ0) is 22.9. The number of methoxy groups -OCH3 is 1. The van der Waals surface area contributed by atoms with Gasteiger partial charge in [-0.05, 0) is 38.4 Å². The summed E-state index contributed by atoms with van der Waals surface area (Å²) in [5.74, 6) is -0.228. The molecule has 3 rings (SSSR count). The molecule has 174 valence electrons. The van der Waals surface area contributed by atoms with Gasteiger partial charge in [0.25, 0.3) is 0 Å². The summed E-state index contributed by atoms with van der Waals surface area (Å²) in [5, 5.41) is 8.64. The van der Waals surface area contributed by atoms with E-state index in [0.717, 1.165) is 6.20 Å². The molecule has 0 bridgehead atoms. The SMILES string of the molecule is C.COc1ccc(Nc2ncc(F)c(Nc3cccc(NC(=O)/C=C/CN(C)C)c3)n2)cn1. The quantitative estimate of drug-likeness (QED) is 0.414. The number of likely N-dealkylation sites (N-methyl/N-ethyl adjacent to an activating group) is 1. The van der Waals surface area contributed by atoms with E-state index in [-0.39, 0.29) is 25.1 Å². The number of nitrogens with zero attached hydrogens (tertiary/aromatic N) is 4. The van der Waals surface area contributed by atoms with Crippen molar-refractivity contribution in [3.05, 3.63) is 66.8 Å². The second kappa shape index (κ2) is 12.1. The lowest BCUT2D eigenvalue weighted by Crippen LogP contribution is -2.13. The normalized spacial score (nSPS) is 10.6. The standard InChI is InChI=1S/C22H24FN7O2.CH4/c1-30(2)11-5-8-19(31)26-15-6-4-7-16(12-15)27-21-18(23)14-25-22(29-21)28-17-9-10-20(32-3)24-13-17;/h4-10,12-14H,11H2,1-3H3,(H,26,31)(H2,25,27,28,29);1H4/b8-5+;. The maximum atomic E-state index is 14.3. The Kier molecular flexibility index (Phi) is 9.25. The molecule has 9 nitrogen and oxygen atoms in total. The number of amides is 1. The van der Waals surface area contributed by atoms with Gasteiger partial charge >= 0.3 is 0 Å². The van der Waals surface area contributed by atoms with Gasteiger partial charge in [-0.3, -0.25) is 4.79 Å². The lowest BCUT2D eigenvalue weighted by molar-refractivity contribution is -0.111. The number of carbonyl (C=O) groups excluding carboxylic acids is 1. The molecule has 10 heteroatoms. The minimum absolute atomic E-state index is 0. The van der Waals surface area contributed by atoms with Crippen LogP contribution in [0.15, 0.2) is 60.9 Å². The van der Waals surface area contributed by atoms with Crippen molar-refractivity contribution < 1.29 is 13.9 Å². The highest BCUT2D eigenvalue weighted by atomic mass is 19.1. The van der Waals surface area contributed by atoms with Gasteiger partial charge < -0.3 is 25.6 Å². The minimum atomic E-state index is -0.621. The van der Waals surface area contributed by atoms with Crippen LogP contribution in [-0.2, 0) is 4.79 Å². The van der Waals surface area contributed by atoms with Crippen LogP contribution in [0, 0.1) is 5.82 Å². The lowest BCUT2D eigenvalue weighted by Gasteiger charge is -2.11. The number of aromatic nitrogens is 3. The van der Waals surface area contributed by atoms with Crippen LogP contribution in [-0.4, -0.2) is 53.5 Å². The first kappa shape index (κ1) is 25.2. The van der Waals surface area contributed by atoms with E-state index in [1.54, 1.807) is 48.7 Å². The first-order valence-electron chi connectivity index (χ1n) is 9.72. The molecule has 33 heavy (non-hydrogen) atoms. The summed E-state index contributed by atoms with van der Waals surface area (Å²) in [6.07, 6.45) is 5.85. The van der Waals surface area contributed by atoms with Gasteiger partial charge in [0.05, 0.1) is 25.2 Å². The van der Waals surface area contributed by atoms with Crippen LogP contribution < -0.4 is 20.7 Å². The molecule has 0 radical (unpaired) electrons. The monoisotopic (exact) mass is 453 g/mol. The van der Waals surface area contributed by atoms with Crippen molar-refractivity contribution in [3.63, 3.8) is 0 Å². The Balaban J connectivity index is 0.00000385. The number of hydrogen-bond acceptors (Lipinski definition) is 8. The molecule has 3 N–H and O–H groups in total. The predicted octanol–water partition coefficient (Wildman–Crippen LogP) is 4.20. The number of ether oxygens (including phenoxy) is 1. The third kappa shape index (κ3) is 7.86. The van der Waals surface area contributed by atoms with Crippen molar-refractivity contribution in [1.29, 1.82) is 0 Å². The molecule has 0 aliphatic heterocycles. The topological polar surface area (TPSA) is 104 Å². The fourth-order valence-electron chi connectivity index (χ4n) is 2.59. The first-order chi connectivity index (χ1) is 15.4. The zero-order valence-corrected chi connectivity index (χ0v) is 18.0. The summed E-state index contributed by atoms with van der Waals surface area (Å²) in [6, 6.07) is 10.3. The van der Waals surface area contributed by atoms with Gasteiger partial charge in [0.1, 0.15) is 0 Å². The van der Waals surface area contributed by atoms with E-state index in [0.29, 0.717) is 29.5 Å². The minimum Gasteiger partial charge on any atom is -0.481 e. The predicted molar refractivity (Wildman–Crippen MR) is 129 cm³/mol. The Morgan fingerprint density at radius 2 is 1.88 bits per heavy atom. The van der Waals surface area contributed by atoms with Crippen LogP contribution in [0.5, 0.6) is 5.88 Å². The van der Waals surface area contributed by atoms with Gasteiger partial charge in [0.15, 0.2) is 11.6 Å². The molecule has 0 atom stereocenters. The summed E-state index contributed by atoms with van der Waals surface area (Å²) in [6.45, 7) is 0.658. The van der Waals surface area contributed by atoms with E-state index in [4.69, 9.17) is 4.74 Å². The van der Waals surface area contributed by atoms with Crippen molar-refractivity contribution >= 4 is 34.7 Å². The van der Waals surface area contributed by atoms with Crippen LogP contribution in [0.4, 0.5) is 33.2 Å². The molecule has 0 unspecified atom stereocenters. The highest BCUT2D eigenvalue weighted by Gasteiger charge is 2.09. The number of halogens is 1. The van der Waals surface area contributed by atoms with E-state index in [9.17, 15) is 9.18 Å². The average molecular weight is 454 g/mol. The summed E-state index contributed by atoms with van der Waals surface area (Å²) >= 11 is 0. The molecule has 0 fully saturated rings. The Morgan fingerprint density at radius 3 is 2.58 bits per heavy atom. The van der Waals surface area contributed by atoms with Crippen molar-refractivity contribution in [2.75, 3.05) is 43.7 Å². The average Bonchev–Trinajstić information content (AvgIpc) is 2.76. The lowest BCUT2D eigenvalue weighted by atomic mass is 10.2. The number of carbonyl (C=O) groups is 1. The molecule has 0 saturated carbocycles. The van der Waals surface area contributed by atoms with E-state index < -0.39 is 5.82 Å². The van der Waals surface area contributed by atoms with Crippen LogP contribution in [0.3, 0.4) is 0 Å². The number of anilines is 5. The van der Waals surface area contributed by atoms with Crippen LogP contribution in [0.2, 0.25) is 0 Å². The molecule has 3 aromatic rings. The van der Waals surface area contributed by atoms with Gasteiger partial charge in [0, 0.05) is 30.1 Å². The van der Waals surface area contributed by atoms with Gasteiger partial charge in [-0.25, -0.2) is 14.4 Å². The summed E-state index contributed by atoms with van der Waals surface area (Å²) in [7, 11) is 5.36. The fraction of sp³-hybridized carbons (Fsp3) is 0.217. The molecule has 0 saturated heterocycles. The van der Waals surface area contributed by atoms with Gasteiger partial charge in [-0.1, -0.05) is 19.6 Å². The summed E-state index contributed by atoms with van der Waals surface area (Å²) in [4.78, 5) is 26.2. The van der Waals surface area contributed by atoms with Crippen molar-refractivity contribution in [2.45, 2.75) is 7.43 Å². The number of nitrogens with one attached hydrogen (secondary N) is 3. The first-order valence-corrected chi connectivity index (χ1v) is 9.72. The third-order valence-electron chi connectivity index (χ3n) is 4.08. The highest BCUT2D eigenvalue weighted by molar-refractivity contribution is 5.99. The maximum Gasteiger partial charge on any atom is 0.248 e. The highest BCUT2D eigenvalue weighted by Crippen LogP contribution is 2.23. The molecule has 1 aromatic carbocycles. The Bertz CT molecular complexity index is 1090. The Hall–Kier alpha value is -4.05. The number of benzene rings is 1. The maximum absolute atomic E-state index is 14.3. The molecule has 0 aliphatic carbocycles. The number of pyridine rings is 1. The number of hydrogen-bond donors (Lipinski definition) is 3. The molecular weight excluding hydrogens is 425 g/mol. The van der Waals surface area contributed by atoms with Crippen LogP contribution >= 0.6 is 0 Å². The Morgan fingerprint density at radius 1 is 1.09 bits per heavy atom. The van der Waals surface area contributed by atoms with E-state index in [1.807, 2.05) is 19.0 Å². The summed E-state index contributed by atoms with van der Waals surface area (Å²) in [5.41, 5.74) is 1.73.